The van der Waals surface area contributed by atoms with Crippen LogP contribution in [0.5, 0.6) is 0 Å². The summed E-state index contributed by atoms with van der Waals surface area (Å²) in [5, 5.41) is 7.59. The van der Waals surface area contributed by atoms with Crippen molar-refractivity contribution < 1.29 is 19.2 Å². The summed E-state index contributed by atoms with van der Waals surface area (Å²) in [5.41, 5.74) is 12.1. The maximum absolute atomic E-state index is 11.6. The molecule has 0 aliphatic heterocycles. The third-order valence-electron chi connectivity index (χ3n) is 3.07. The SMILES string of the molecule is CC(C)[C@H](N)C(=O)OCOn1nnc2ccc(C(N)=O)cc21. The quantitative estimate of drug-likeness (QED) is 0.539. The Morgan fingerprint density at radius 2 is 2.09 bits per heavy atom. The van der Waals surface area contributed by atoms with Crippen LogP contribution in [0, 0.1) is 5.92 Å². The number of nitrogens with two attached hydrogens (primary N) is 2. The Bertz CT molecular complexity index is 697. The molecule has 0 aliphatic carbocycles. The van der Waals surface area contributed by atoms with Crippen LogP contribution in [0.3, 0.4) is 0 Å². The minimum Gasteiger partial charge on any atom is -0.425 e. The summed E-state index contributed by atoms with van der Waals surface area (Å²) in [5.74, 6) is -1.20. The Morgan fingerprint density at radius 3 is 2.73 bits per heavy atom. The summed E-state index contributed by atoms with van der Waals surface area (Å²) < 4.78 is 4.90. The summed E-state index contributed by atoms with van der Waals surface area (Å²) in [6, 6.07) is 3.88. The highest BCUT2D eigenvalue weighted by molar-refractivity contribution is 5.96. The predicted molar refractivity (Wildman–Crippen MR) is 76.4 cm³/mol. The second-order valence-corrected chi connectivity index (χ2v) is 5.01. The Labute approximate surface area is 126 Å². The third-order valence-corrected chi connectivity index (χ3v) is 3.07. The van der Waals surface area contributed by atoms with Gasteiger partial charge in [0.15, 0.2) is 0 Å². The molecule has 0 spiro atoms. The zero-order valence-corrected chi connectivity index (χ0v) is 12.2. The molecule has 2 aromatic rings. The van der Waals surface area contributed by atoms with Gasteiger partial charge in [-0.3, -0.25) is 9.59 Å². The van der Waals surface area contributed by atoms with Gasteiger partial charge in [0.05, 0.1) is 0 Å². The van der Waals surface area contributed by atoms with Crippen molar-refractivity contribution in [2.75, 3.05) is 6.79 Å². The van der Waals surface area contributed by atoms with Gasteiger partial charge in [0.25, 0.3) is 6.79 Å². The summed E-state index contributed by atoms with van der Waals surface area (Å²) in [6.45, 7) is 3.24. The van der Waals surface area contributed by atoms with Crippen molar-refractivity contribution >= 4 is 22.9 Å². The molecule has 0 saturated heterocycles. The lowest BCUT2D eigenvalue weighted by molar-refractivity contribution is -0.160. The number of hydrogen-bond donors (Lipinski definition) is 2. The Hall–Kier alpha value is -2.68. The Balaban J connectivity index is 2.04. The molecule has 9 nitrogen and oxygen atoms in total. The molecule has 0 saturated carbocycles. The van der Waals surface area contributed by atoms with Crippen molar-refractivity contribution in [2.24, 2.45) is 17.4 Å². The van der Waals surface area contributed by atoms with Gasteiger partial charge in [-0.25, -0.2) is 0 Å². The first-order chi connectivity index (χ1) is 10.4. The van der Waals surface area contributed by atoms with Crippen molar-refractivity contribution in [3.8, 4) is 0 Å². The average Bonchev–Trinajstić information content (AvgIpc) is 2.88. The molecular weight excluding hydrogens is 290 g/mol. The maximum atomic E-state index is 11.6. The summed E-state index contributed by atoms with van der Waals surface area (Å²) >= 11 is 0. The van der Waals surface area contributed by atoms with Gasteiger partial charge in [-0.2, -0.15) is 0 Å². The molecule has 0 unspecified atom stereocenters. The van der Waals surface area contributed by atoms with E-state index in [2.05, 4.69) is 10.3 Å². The number of benzene rings is 1. The van der Waals surface area contributed by atoms with E-state index in [1.165, 1.54) is 12.1 Å². The van der Waals surface area contributed by atoms with E-state index in [1.807, 2.05) is 13.8 Å². The van der Waals surface area contributed by atoms with E-state index in [1.54, 1.807) is 6.07 Å². The number of primary amides is 1. The predicted octanol–water partition coefficient (Wildman–Crippen LogP) is -0.557. The number of nitrogens with zero attached hydrogens (tertiary/aromatic N) is 3. The highest BCUT2D eigenvalue weighted by Crippen LogP contribution is 2.12. The molecule has 1 aromatic heterocycles. The largest absolute Gasteiger partial charge is 0.425 e. The summed E-state index contributed by atoms with van der Waals surface area (Å²) in [6.07, 6.45) is 0. The van der Waals surface area contributed by atoms with E-state index >= 15 is 0 Å². The lowest BCUT2D eigenvalue weighted by Gasteiger charge is -2.14. The van der Waals surface area contributed by atoms with Crippen LogP contribution in [0.15, 0.2) is 18.2 Å². The van der Waals surface area contributed by atoms with Crippen LogP contribution in [0.4, 0.5) is 0 Å². The van der Waals surface area contributed by atoms with Gasteiger partial charge in [0.1, 0.15) is 17.1 Å². The molecule has 118 valence electrons. The standard InChI is InChI=1S/C13H17N5O4/c1-7(2)11(14)13(20)21-6-22-18-10-5-8(12(15)19)3-4-9(10)16-17-18/h3-5,7,11H,6,14H2,1-2H3,(H2,15,19)/t11-/m0/s1. The van der Waals surface area contributed by atoms with Crippen molar-refractivity contribution in [3.63, 3.8) is 0 Å². The number of fused-ring (bicyclic) bond motifs is 1. The van der Waals surface area contributed by atoms with Gasteiger partial charge in [-0.15, -0.1) is 5.10 Å². The molecule has 0 aliphatic rings. The number of ether oxygens (including phenoxy) is 1. The second-order valence-electron chi connectivity index (χ2n) is 5.01. The number of carbonyl (C=O) groups is 2. The molecular formula is C13H17N5O4. The van der Waals surface area contributed by atoms with Gasteiger partial charge in [-0.05, 0) is 29.3 Å². The van der Waals surface area contributed by atoms with Crippen LogP contribution in [0.1, 0.15) is 24.2 Å². The van der Waals surface area contributed by atoms with E-state index < -0.39 is 17.9 Å². The number of rotatable bonds is 6. The molecule has 1 heterocycles. The van der Waals surface area contributed by atoms with E-state index in [-0.39, 0.29) is 12.7 Å². The topological polar surface area (TPSA) is 135 Å². The van der Waals surface area contributed by atoms with Crippen LogP contribution >= 0.6 is 0 Å². The monoisotopic (exact) mass is 307 g/mol. The van der Waals surface area contributed by atoms with Crippen LogP contribution in [-0.2, 0) is 9.53 Å². The molecule has 0 fully saturated rings. The van der Waals surface area contributed by atoms with E-state index in [4.69, 9.17) is 21.0 Å². The summed E-state index contributed by atoms with van der Waals surface area (Å²) in [7, 11) is 0. The lowest BCUT2D eigenvalue weighted by Crippen LogP contribution is -2.38. The molecule has 1 aromatic carbocycles. The Kier molecular flexibility index (Phi) is 4.56. The molecule has 22 heavy (non-hydrogen) atoms. The zero-order valence-electron chi connectivity index (χ0n) is 12.2. The molecule has 0 radical (unpaired) electrons. The average molecular weight is 307 g/mol. The van der Waals surface area contributed by atoms with Gasteiger partial charge >= 0.3 is 5.97 Å². The molecule has 9 heteroatoms. The normalized spacial score (nSPS) is 12.4. The van der Waals surface area contributed by atoms with Gasteiger partial charge in [-0.1, -0.05) is 18.7 Å². The highest BCUT2D eigenvalue weighted by Gasteiger charge is 2.19. The number of esters is 1. The number of hydrogen-bond acceptors (Lipinski definition) is 7. The van der Waals surface area contributed by atoms with Crippen molar-refractivity contribution in [1.29, 1.82) is 0 Å². The number of aromatic nitrogens is 3. The van der Waals surface area contributed by atoms with Crippen molar-refractivity contribution in [3.05, 3.63) is 23.8 Å². The van der Waals surface area contributed by atoms with Crippen LogP contribution in [0.25, 0.3) is 11.0 Å². The van der Waals surface area contributed by atoms with E-state index in [0.717, 1.165) is 4.85 Å². The lowest BCUT2D eigenvalue weighted by atomic mass is 10.1. The second kappa shape index (κ2) is 6.39. The fourth-order valence-corrected chi connectivity index (χ4v) is 1.65. The minimum absolute atomic E-state index is 0.0437. The van der Waals surface area contributed by atoms with Crippen molar-refractivity contribution in [1.82, 2.24) is 15.2 Å². The third kappa shape index (κ3) is 3.31. The van der Waals surface area contributed by atoms with Gasteiger partial charge in [0.2, 0.25) is 5.91 Å². The number of amides is 1. The fraction of sp³-hybridized carbons (Fsp3) is 0.385. The molecule has 2 rings (SSSR count). The molecule has 1 amide bonds. The smallest absolute Gasteiger partial charge is 0.326 e. The van der Waals surface area contributed by atoms with Crippen molar-refractivity contribution in [2.45, 2.75) is 19.9 Å². The zero-order chi connectivity index (χ0) is 16.3. The minimum atomic E-state index is -0.724. The molecule has 0 bridgehead atoms. The van der Waals surface area contributed by atoms with E-state index in [0.29, 0.717) is 16.6 Å². The first-order valence-corrected chi connectivity index (χ1v) is 6.61. The summed E-state index contributed by atoms with van der Waals surface area (Å²) in [4.78, 5) is 29.0. The maximum Gasteiger partial charge on any atom is 0.326 e. The van der Waals surface area contributed by atoms with Crippen LogP contribution in [-0.4, -0.2) is 39.9 Å². The van der Waals surface area contributed by atoms with Gasteiger partial charge < -0.3 is 21.0 Å². The highest BCUT2D eigenvalue weighted by atomic mass is 16.8. The van der Waals surface area contributed by atoms with Gasteiger partial charge in [0, 0.05) is 5.56 Å². The van der Waals surface area contributed by atoms with Crippen LogP contribution < -0.4 is 16.3 Å². The first-order valence-electron chi connectivity index (χ1n) is 6.61. The molecule has 4 N–H and O–H groups in total. The van der Waals surface area contributed by atoms with E-state index in [9.17, 15) is 9.59 Å². The van der Waals surface area contributed by atoms with Crippen LogP contribution in [0.2, 0.25) is 0 Å². The first kappa shape index (κ1) is 15.7. The Morgan fingerprint density at radius 1 is 1.36 bits per heavy atom. The number of carbonyl (C=O) groups excluding carboxylic acids is 2. The fourth-order valence-electron chi connectivity index (χ4n) is 1.65. The molecule has 1 atom stereocenters.